The van der Waals surface area contributed by atoms with Crippen LogP contribution in [0.15, 0.2) is 48.5 Å². The fourth-order valence-electron chi connectivity index (χ4n) is 2.47. The summed E-state index contributed by atoms with van der Waals surface area (Å²) < 4.78 is 25.2. The van der Waals surface area contributed by atoms with Gasteiger partial charge in [-0.05, 0) is 24.3 Å². The van der Waals surface area contributed by atoms with Crippen LogP contribution in [0.5, 0.6) is 5.75 Å². The van der Waals surface area contributed by atoms with Crippen molar-refractivity contribution >= 4 is 33.3 Å². The minimum Gasteiger partial charge on any atom is -0.489 e. The van der Waals surface area contributed by atoms with Gasteiger partial charge in [-0.2, -0.15) is 0 Å². The van der Waals surface area contributed by atoms with Gasteiger partial charge in [-0.25, -0.2) is 4.39 Å². The molecule has 0 aliphatic carbocycles. The van der Waals surface area contributed by atoms with Crippen LogP contribution in [0.2, 0.25) is 0 Å². The normalized spacial score (nSPS) is 10.5. The maximum Gasteiger partial charge on any atom is 0.325 e. The second-order valence-electron chi connectivity index (χ2n) is 5.38. The first-order valence-corrected chi connectivity index (χ1v) is 8.64. The maximum absolute atomic E-state index is 14.4. The van der Waals surface area contributed by atoms with Crippen molar-refractivity contribution in [1.82, 2.24) is 5.32 Å². The average Bonchev–Trinajstić information content (AvgIpc) is 3.05. The molecule has 0 aliphatic rings. The number of methoxy groups -OCH3 is 1. The number of carbonyl (C=O) groups excluding carboxylic acids is 2. The molecule has 0 spiro atoms. The molecule has 0 saturated carbocycles. The van der Waals surface area contributed by atoms with Crippen molar-refractivity contribution in [2.45, 2.75) is 6.61 Å². The molecule has 0 atom stereocenters. The molecule has 2 aromatic carbocycles. The zero-order chi connectivity index (χ0) is 18.5. The predicted molar refractivity (Wildman–Crippen MR) is 96.9 cm³/mol. The summed E-state index contributed by atoms with van der Waals surface area (Å²) >= 11 is 1.16. The van der Waals surface area contributed by atoms with E-state index in [2.05, 4.69) is 10.1 Å². The summed E-state index contributed by atoms with van der Waals surface area (Å²) in [4.78, 5) is 24.1. The Hall–Kier alpha value is -2.93. The Balaban J connectivity index is 1.92. The van der Waals surface area contributed by atoms with Crippen molar-refractivity contribution in [3.63, 3.8) is 0 Å². The zero-order valence-electron chi connectivity index (χ0n) is 14.0. The van der Waals surface area contributed by atoms with Crippen LogP contribution in [0, 0.1) is 5.82 Å². The molecule has 1 aromatic heterocycles. The highest BCUT2D eigenvalue weighted by molar-refractivity contribution is 7.21. The van der Waals surface area contributed by atoms with Crippen LogP contribution >= 0.6 is 11.3 Å². The van der Waals surface area contributed by atoms with E-state index in [4.69, 9.17) is 4.74 Å². The summed E-state index contributed by atoms with van der Waals surface area (Å²) in [6.45, 7) is -0.225. The Morgan fingerprint density at radius 2 is 1.88 bits per heavy atom. The van der Waals surface area contributed by atoms with E-state index >= 15 is 0 Å². The molecular formula is C19H16FNO4S. The third kappa shape index (κ3) is 3.83. The van der Waals surface area contributed by atoms with Crippen LogP contribution < -0.4 is 10.1 Å². The third-order valence-electron chi connectivity index (χ3n) is 3.72. The maximum atomic E-state index is 14.4. The highest BCUT2D eigenvalue weighted by Gasteiger charge is 2.21. The van der Waals surface area contributed by atoms with E-state index in [-0.39, 0.29) is 13.2 Å². The number of amides is 1. The van der Waals surface area contributed by atoms with Gasteiger partial charge in [0.15, 0.2) is 0 Å². The first-order chi connectivity index (χ1) is 12.6. The number of para-hydroxylation sites is 1. The minimum atomic E-state index is -0.562. The number of nitrogens with one attached hydrogen (secondary N) is 1. The molecule has 3 aromatic rings. The Morgan fingerprint density at radius 3 is 2.62 bits per heavy atom. The second-order valence-corrected chi connectivity index (χ2v) is 6.44. The van der Waals surface area contributed by atoms with Crippen LogP contribution in [0.1, 0.15) is 15.2 Å². The van der Waals surface area contributed by atoms with E-state index in [9.17, 15) is 14.0 Å². The Labute approximate surface area is 153 Å². The number of halogens is 1. The van der Waals surface area contributed by atoms with Crippen molar-refractivity contribution in [2.75, 3.05) is 13.7 Å². The number of hydrogen-bond acceptors (Lipinski definition) is 5. The molecule has 1 amide bonds. The number of carbonyl (C=O) groups is 2. The van der Waals surface area contributed by atoms with Crippen molar-refractivity contribution < 1.29 is 23.5 Å². The molecule has 0 unspecified atom stereocenters. The third-order valence-corrected chi connectivity index (χ3v) is 4.91. The van der Waals surface area contributed by atoms with Crippen LogP contribution in [-0.4, -0.2) is 25.5 Å². The van der Waals surface area contributed by atoms with Gasteiger partial charge in [-0.1, -0.05) is 24.3 Å². The average molecular weight is 373 g/mol. The summed E-state index contributed by atoms with van der Waals surface area (Å²) in [7, 11) is 1.24. The Kier molecular flexibility index (Phi) is 5.48. The predicted octanol–water partition coefficient (Wildman–Crippen LogP) is 3.52. The molecule has 0 saturated heterocycles. The van der Waals surface area contributed by atoms with Gasteiger partial charge in [0.25, 0.3) is 5.91 Å². The number of rotatable bonds is 6. The van der Waals surface area contributed by atoms with E-state index in [1.54, 1.807) is 24.3 Å². The van der Waals surface area contributed by atoms with Crippen molar-refractivity contribution in [1.29, 1.82) is 0 Å². The standard InChI is InChI=1S/C19H16FNO4S/c1-24-16(22)10-21-19(23)18-13(11-25-12-6-3-2-4-7-12)17-14(20)8-5-9-15(17)26-18/h2-9H,10-11H2,1H3,(H,21,23). The summed E-state index contributed by atoms with van der Waals surface area (Å²) in [5.41, 5.74) is 0.453. The first kappa shape index (κ1) is 17.9. The van der Waals surface area contributed by atoms with Gasteiger partial charge < -0.3 is 14.8 Å². The van der Waals surface area contributed by atoms with E-state index in [0.717, 1.165) is 11.3 Å². The van der Waals surface area contributed by atoms with Crippen molar-refractivity contribution in [3.8, 4) is 5.75 Å². The number of benzene rings is 2. The molecule has 7 heteroatoms. The molecule has 0 fully saturated rings. The molecule has 26 heavy (non-hydrogen) atoms. The second kappa shape index (κ2) is 7.97. The first-order valence-electron chi connectivity index (χ1n) is 7.83. The van der Waals surface area contributed by atoms with Gasteiger partial charge >= 0.3 is 5.97 Å². The fourth-order valence-corrected chi connectivity index (χ4v) is 3.60. The topological polar surface area (TPSA) is 64.6 Å². The monoisotopic (exact) mass is 373 g/mol. The zero-order valence-corrected chi connectivity index (χ0v) is 14.8. The number of hydrogen-bond donors (Lipinski definition) is 1. The number of esters is 1. The highest BCUT2D eigenvalue weighted by Crippen LogP contribution is 2.34. The lowest BCUT2D eigenvalue weighted by atomic mass is 10.1. The van der Waals surface area contributed by atoms with Gasteiger partial charge in [0.1, 0.15) is 24.7 Å². The lowest BCUT2D eigenvalue weighted by Gasteiger charge is -2.08. The molecule has 1 N–H and O–H groups in total. The van der Waals surface area contributed by atoms with Crippen molar-refractivity contribution in [2.24, 2.45) is 0 Å². The Bertz CT molecular complexity index is 939. The minimum absolute atomic E-state index is 0.0337. The summed E-state index contributed by atoms with van der Waals surface area (Å²) in [6.07, 6.45) is 0. The molecule has 0 radical (unpaired) electrons. The number of ether oxygens (including phenoxy) is 2. The highest BCUT2D eigenvalue weighted by atomic mass is 32.1. The van der Waals surface area contributed by atoms with Gasteiger partial charge in [-0.15, -0.1) is 11.3 Å². The van der Waals surface area contributed by atoms with Crippen LogP contribution in [-0.2, 0) is 16.1 Å². The van der Waals surface area contributed by atoms with Crippen molar-refractivity contribution in [3.05, 3.63) is 64.8 Å². The van der Waals surface area contributed by atoms with E-state index in [1.807, 2.05) is 18.2 Å². The van der Waals surface area contributed by atoms with Gasteiger partial charge in [-0.3, -0.25) is 9.59 Å². The number of thiophene rings is 1. The van der Waals surface area contributed by atoms with Gasteiger partial charge in [0, 0.05) is 15.6 Å². The quantitative estimate of drug-likeness (QED) is 0.672. The van der Waals surface area contributed by atoms with Gasteiger partial charge in [0.2, 0.25) is 0 Å². The molecule has 134 valence electrons. The molecule has 5 nitrogen and oxygen atoms in total. The molecular weight excluding hydrogens is 357 g/mol. The summed E-state index contributed by atoms with van der Waals surface area (Å²) in [5.74, 6) is -0.836. The fraction of sp³-hybridized carbons (Fsp3) is 0.158. The number of fused-ring (bicyclic) bond motifs is 1. The van der Waals surface area contributed by atoms with E-state index in [1.165, 1.54) is 13.2 Å². The Morgan fingerprint density at radius 1 is 1.12 bits per heavy atom. The molecule has 3 rings (SSSR count). The largest absolute Gasteiger partial charge is 0.489 e. The molecule has 0 aliphatic heterocycles. The van der Waals surface area contributed by atoms with Crippen LogP contribution in [0.4, 0.5) is 4.39 Å². The van der Waals surface area contributed by atoms with E-state index in [0.29, 0.717) is 26.3 Å². The molecule has 1 heterocycles. The summed E-state index contributed by atoms with van der Waals surface area (Å²) in [6, 6.07) is 13.7. The van der Waals surface area contributed by atoms with E-state index < -0.39 is 17.7 Å². The van der Waals surface area contributed by atoms with Crippen LogP contribution in [0.3, 0.4) is 0 Å². The molecule has 0 bridgehead atoms. The smallest absolute Gasteiger partial charge is 0.325 e. The lowest BCUT2D eigenvalue weighted by molar-refractivity contribution is -0.139. The lowest BCUT2D eigenvalue weighted by Crippen LogP contribution is -2.30. The van der Waals surface area contributed by atoms with Crippen LogP contribution in [0.25, 0.3) is 10.1 Å². The van der Waals surface area contributed by atoms with Gasteiger partial charge in [0.05, 0.1) is 12.0 Å². The summed E-state index contributed by atoms with van der Waals surface area (Å²) in [5, 5.41) is 2.85. The SMILES string of the molecule is COC(=O)CNC(=O)c1sc2cccc(F)c2c1COc1ccccc1.